The van der Waals surface area contributed by atoms with Crippen molar-refractivity contribution >= 4 is 29.1 Å². The number of hydrogen-bond acceptors (Lipinski definition) is 4. The van der Waals surface area contributed by atoms with E-state index in [0.29, 0.717) is 0 Å². The van der Waals surface area contributed by atoms with Gasteiger partial charge >= 0.3 is 6.03 Å². The molecule has 22 heavy (non-hydrogen) atoms. The third-order valence-corrected chi connectivity index (χ3v) is 4.11. The number of nitrogens with zero attached hydrogens (tertiary/aromatic N) is 3. The lowest BCUT2D eigenvalue weighted by molar-refractivity contribution is 0.254. The first kappa shape index (κ1) is 14.4. The van der Waals surface area contributed by atoms with Crippen LogP contribution in [0.5, 0.6) is 0 Å². The fraction of sp³-hybridized carbons (Fsp3) is 0.133. The number of urea groups is 1. The van der Waals surface area contributed by atoms with Crippen molar-refractivity contribution in [3.8, 4) is 0 Å². The van der Waals surface area contributed by atoms with Crippen molar-refractivity contribution < 1.29 is 4.79 Å². The van der Waals surface area contributed by atoms with Crippen LogP contribution in [-0.2, 0) is 0 Å². The van der Waals surface area contributed by atoms with Crippen LogP contribution in [0.2, 0.25) is 0 Å². The van der Waals surface area contributed by atoms with Crippen molar-refractivity contribution in [3.05, 3.63) is 48.4 Å². The van der Waals surface area contributed by atoms with Crippen LogP contribution in [0.1, 0.15) is 5.82 Å². The third-order valence-electron chi connectivity index (χ3n) is 3.12. The second-order valence-corrected chi connectivity index (χ2v) is 5.82. The van der Waals surface area contributed by atoms with Gasteiger partial charge in [0.2, 0.25) is 0 Å². The lowest BCUT2D eigenvalue weighted by Crippen LogP contribution is -2.24. The summed E-state index contributed by atoms with van der Waals surface area (Å²) in [6.45, 7) is 1.92. The summed E-state index contributed by atoms with van der Waals surface area (Å²) in [7, 11) is 1.59. The predicted molar refractivity (Wildman–Crippen MR) is 86.4 cm³/mol. The summed E-state index contributed by atoms with van der Waals surface area (Å²) in [6.07, 6.45) is 2.02. The SMILES string of the molecule is CNC(=O)Nc1ccc(Sc2ccc3nnc(C)n3c2)cc1. The van der Waals surface area contributed by atoms with Gasteiger partial charge in [-0.25, -0.2) is 4.79 Å². The topological polar surface area (TPSA) is 71.3 Å². The van der Waals surface area contributed by atoms with Gasteiger partial charge in [0.25, 0.3) is 0 Å². The summed E-state index contributed by atoms with van der Waals surface area (Å²) in [6, 6.07) is 11.4. The number of fused-ring (bicyclic) bond motifs is 1. The molecule has 0 unspecified atom stereocenters. The fourth-order valence-corrected chi connectivity index (χ4v) is 2.82. The molecule has 6 nitrogen and oxygen atoms in total. The molecule has 2 heterocycles. The van der Waals surface area contributed by atoms with Gasteiger partial charge in [-0.05, 0) is 43.3 Å². The number of aromatic nitrogens is 3. The normalized spacial score (nSPS) is 10.6. The number of anilines is 1. The van der Waals surface area contributed by atoms with Gasteiger partial charge in [0.1, 0.15) is 5.82 Å². The molecule has 0 saturated heterocycles. The molecule has 0 radical (unpaired) electrons. The minimum atomic E-state index is -0.228. The van der Waals surface area contributed by atoms with Crippen molar-refractivity contribution in [1.29, 1.82) is 0 Å². The number of amides is 2. The number of aryl methyl sites for hydroxylation is 1. The van der Waals surface area contributed by atoms with Gasteiger partial charge in [-0.3, -0.25) is 4.40 Å². The smallest absolute Gasteiger partial charge is 0.318 e. The maximum Gasteiger partial charge on any atom is 0.318 e. The predicted octanol–water partition coefficient (Wildman–Crippen LogP) is 2.94. The number of benzene rings is 1. The van der Waals surface area contributed by atoms with E-state index in [-0.39, 0.29) is 6.03 Å². The molecule has 0 saturated carbocycles. The largest absolute Gasteiger partial charge is 0.341 e. The third kappa shape index (κ3) is 3.04. The van der Waals surface area contributed by atoms with Crippen molar-refractivity contribution in [2.24, 2.45) is 0 Å². The lowest BCUT2D eigenvalue weighted by atomic mass is 10.3. The zero-order valence-corrected chi connectivity index (χ0v) is 13.0. The first-order valence-electron chi connectivity index (χ1n) is 6.74. The van der Waals surface area contributed by atoms with Gasteiger partial charge in [0.05, 0.1) is 0 Å². The van der Waals surface area contributed by atoms with Crippen LogP contribution in [0.15, 0.2) is 52.4 Å². The summed E-state index contributed by atoms with van der Waals surface area (Å²) < 4.78 is 1.96. The van der Waals surface area contributed by atoms with E-state index >= 15 is 0 Å². The van der Waals surface area contributed by atoms with Crippen molar-refractivity contribution in [1.82, 2.24) is 19.9 Å². The average molecular weight is 313 g/mol. The number of nitrogens with one attached hydrogen (secondary N) is 2. The van der Waals surface area contributed by atoms with E-state index in [2.05, 4.69) is 20.8 Å². The molecular formula is C15H15N5OS. The summed E-state index contributed by atoms with van der Waals surface area (Å²) in [4.78, 5) is 13.4. The molecule has 0 spiro atoms. The Morgan fingerprint density at radius 2 is 1.82 bits per heavy atom. The molecule has 3 rings (SSSR count). The van der Waals surface area contributed by atoms with Gasteiger partial charge in [-0.15, -0.1) is 10.2 Å². The molecule has 2 N–H and O–H groups in total. The van der Waals surface area contributed by atoms with Crippen molar-refractivity contribution in [2.45, 2.75) is 16.7 Å². The van der Waals surface area contributed by atoms with Gasteiger partial charge < -0.3 is 10.6 Å². The number of carbonyl (C=O) groups excluding carboxylic acids is 1. The maximum atomic E-state index is 11.2. The van der Waals surface area contributed by atoms with E-state index in [9.17, 15) is 4.79 Å². The zero-order chi connectivity index (χ0) is 15.5. The molecule has 0 aliphatic carbocycles. The second kappa shape index (κ2) is 6.07. The molecule has 0 atom stereocenters. The Labute approximate surface area is 131 Å². The Morgan fingerprint density at radius 1 is 1.09 bits per heavy atom. The first-order valence-corrected chi connectivity index (χ1v) is 7.55. The van der Waals surface area contributed by atoms with Gasteiger partial charge in [-0.1, -0.05) is 11.8 Å². The van der Waals surface area contributed by atoms with Crippen LogP contribution in [0.4, 0.5) is 10.5 Å². The molecule has 7 heteroatoms. The number of carbonyl (C=O) groups is 1. The van der Waals surface area contributed by atoms with E-state index in [1.54, 1.807) is 18.8 Å². The van der Waals surface area contributed by atoms with E-state index in [4.69, 9.17) is 0 Å². The van der Waals surface area contributed by atoms with Crippen LogP contribution in [-0.4, -0.2) is 27.7 Å². The molecule has 1 aromatic carbocycles. The molecule has 112 valence electrons. The molecule has 2 amide bonds. The van der Waals surface area contributed by atoms with E-state index in [1.807, 2.05) is 53.9 Å². The molecule has 0 aliphatic rings. The summed E-state index contributed by atoms with van der Waals surface area (Å²) >= 11 is 1.64. The average Bonchev–Trinajstić information content (AvgIpc) is 2.90. The molecule has 2 aromatic heterocycles. The zero-order valence-electron chi connectivity index (χ0n) is 12.2. The number of pyridine rings is 1. The lowest BCUT2D eigenvalue weighted by Gasteiger charge is -2.06. The monoisotopic (exact) mass is 313 g/mol. The van der Waals surface area contributed by atoms with E-state index in [1.165, 1.54) is 0 Å². The van der Waals surface area contributed by atoms with Crippen LogP contribution in [0, 0.1) is 6.92 Å². The fourth-order valence-electron chi connectivity index (χ4n) is 1.98. The summed E-state index contributed by atoms with van der Waals surface area (Å²) in [5.74, 6) is 0.863. The summed E-state index contributed by atoms with van der Waals surface area (Å²) in [5, 5.41) is 13.4. The second-order valence-electron chi connectivity index (χ2n) is 4.67. The van der Waals surface area contributed by atoms with Gasteiger partial charge in [0, 0.05) is 28.7 Å². The highest BCUT2D eigenvalue weighted by Crippen LogP contribution is 2.28. The van der Waals surface area contributed by atoms with Gasteiger partial charge in [0.15, 0.2) is 5.65 Å². The highest BCUT2D eigenvalue weighted by Gasteiger charge is 2.04. The minimum Gasteiger partial charge on any atom is -0.341 e. The Kier molecular flexibility index (Phi) is 3.97. The quantitative estimate of drug-likeness (QED) is 0.780. The highest BCUT2D eigenvalue weighted by atomic mass is 32.2. The van der Waals surface area contributed by atoms with Crippen LogP contribution >= 0.6 is 11.8 Å². The minimum absolute atomic E-state index is 0.228. The van der Waals surface area contributed by atoms with Crippen molar-refractivity contribution in [3.63, 3.8) is 0 Å². The highest BCUT2D eigenvalue weighted by molar-refractivity contribution is 7.99. The summed E-state index contributed by atoms with van der Waals surface area (Å²) in [5.41, 5.74) is 1.60. The first-order chi connectivity index (χ1) is 10.7. The van der Waals surface area contributed by atoms with E-state index in [0.717, 1.165) is 26.9 Å². The Bertz CT molecular complexity index is 812. The van der Waals surface area contributed by atoms with Crippen LogP contribution in [0.25, 0.3) is 5.65 Å². The Morgan fingerprint density at radius 3 is 2.55 bits per heavy atom. The van der Waals surface area contributed by atoms with Crippen molar-refractivity contribution in [2.75, 3.05) is 12.4 Å². The standard InChI is InChI=1S/C15H15N5OS/c1-10-18-19-14-8-7-13(9-20(10)14)22-12-5-3-11(4-6-12)17-15(21)16-2/h3-9H,1-2H3,(H2,16,17,21). The Hall–Kier alpha value is -2.54. The molecule has 0 aliphatic heterocycles. The number of rotatable bonds is 3. The van der Waals surface area contributed by atoms with Crippen LogP contribution < -0.4 is 10.6 Å². The van der Waals surface area contributed by atoms with E-state index < -0.39 is 0 Å². The number of hydrogen-bond donors (Lipinski definition) is 2. The maximum absolute atomic E-state index is 11.2. The Balaban J connectivity index is 1.76. The molecular weight excluding hydrogens is 298 g/mol. The molecule has 3 aromatic rings. The van der Waals surface area contributed by atoms with Crippen LogP contribution in [0.3, 0.4) is 0 Å². The molecule has 0 bridgehead atoms. The van der Waals surface area contributed by atoms with Gasteiger partial charge in [-0.2, -0.15) is 0 Å². The molecule has 0 fully saturated rings.